The van der Waals surface area contributed by atoms with Crippen molar-refractivity contribution in [2.75, 3.05) is 0 Å². The molecule has 5 aromatic rings. The highest BCUT2D eigenvalue weighted by Crippen LogP contribution is 2.32. The van der Waals surface area contributed by atoms with E-state index in [-0.39, 0.29) is 0 Å². The third-order valence-electron chi connectivity index (χ3n) is 5.64. The van der Waals surface area contributed by atoms with Gasteiger partial charge in [0, 0.05) is 28.1 Å². The fraction of sp³-hybridized carbons (Fsp3) is 0.0345. The summed E-state index contributed by atoms with van der Waals surface area (Å²) in [6.45, 7) is 5.65. The highest BCUT2D eigenvalue weighted by Gasteiger charge is 2.12. The van der Waals surface area contributed by atoms with Gasteiger partial charge in [0.15, 0.2) is 5.82 Å². The SMILES string of the molecule is C=C/C=C\C=C(/C)c1nc(Cl)cc(-c2ccc(-n3c4ccccc4c4ccccc43)cc2)n1. The summed E-state index contributed by atoms with van der Waals surface area (Å²) in [7, 11) is 0. The summed E-state index contributed by atoms with van der Waals surface area (Å²) >= 11 is 6.33. The molecule has 5 rings (SSSR count). The van der Waals surface area contributed by atoms with Crippen LogP contribution in [0.25, 0.3) is 44.3 Å². The second kappa shape index (κ2) is 8.89. The minimum Gasteiger partial charge on any atom is -0.309 e. The molecule has 0 spiro atoms. The summed E-state index contributed by atoms with van der Waals surface area (Å²) in [6, 6.07) is 27.2. The number of hydrogen-bond donors (Lipinski definition) is 0. The van der Waals surface area contributed by atoms with Crippen LogP contribution >= 0.6 is 11.6 Å². The number of nitrogens with zero attached hydrogens (tertiary/aromatic N) is 3. The maximum atomic E-state index is 6.33. The van der Waals surface area contributed by atoms with Crippen molar-refractivity contribution in [3.05, 3.63) is 121 Å². The van der Waals surface area contributed by atoms with Crippen molar-refractivity contribution in [1.29, 1.82) is 0 Å². The van der Waals surface area contributed by atoms with Crippen molar-refractivity contribution in [2.45, 2.75) is 6.92 Å². The molecule has 0 saturated heterocycles. The zero-order valence-electron chi connectivity index (χ0n) is 18.2. The van der Waals surface area contributed by atoms with Crippen LogP contribution in [0.15, 0.2) is 110 Å². The van der Waals surface area contributed by atoms with Gasteiger partial charge < -0.3 is 4.57 Å². The van der Waals surface area contributed by atoms with Crippen LogP contribution in [0, 0.1) is 0 Å². The highest BCUT2D eigenvalue weighted by molar-refractivity contribution is 6.29. The van der Waals surface area contributed by atoms with Crippen molar-refractivity contribution >= 4 is 39.0 Å². The van der Waals surface area contributed by atoms with E-state index >= 15 is 0 Å². The van der Waals surface area contributed by atoms with Gasteiger partial charge in [0.1, 0.15) is 5.15 Å². The van der Waals surface area contributed by atoms with Gasteiger partial charge in [0.25, 0.3) is 0 Å². The third kappa shape index (κ3) is 3.99. The number of aromatic nitrogens is 3. The number of hydrogen-bond acceptors (Lipinski definition) is 2. The van der Waals surface area contributed by atoms with E-state index < -0.39 is 0 Å². The van der Waals surface area contributed by atoms with Crippen molar-refractivity contribution in [1.82, 2.24) is 14.5 Å². The maximum Gasteiger partial charge on any atom is 0.157 e. The Morgan fingerprint density at radius 2 is 1.48 bits per heavy atom. The number of fused-ring (bicyclic) bond motifs is 3. The van der Waals surface area contributed by atoms with Crippen LogP contribution in [0.2, 0.25) is 5.15 Å². The Balaban J connectivity index is 1.57. The zero-order valence-corrected chi connectivity index (χ0v) is 19.0. The first-order chi connectivity index (χ1) is 16.2. The predicted octanol–water partition coefficient (Wildman–Crippen LogP) is 8.04. The number of rotatable bonds is 5. The van der Waals surface area contributed by atoms with Crippen molar-refractivity contribution in [3.8, 4) is 16.9 Å². The Morgan fingerprint density at radius 1 is 0.848 bits per heavy atom. The largest absolute Gasteiger partial charge is 0.309 e. The molecule has 160 valence electrons. The molecule has 0 aliphatic heterocycles. The molecule has 0 radical (unpaired) electrons. The first-order valence-corrected chi connectivity index (χ1v) is 11.1. The molecule has 0 unspecified atom stereocenters. The molecular formula is C29H22ClN3. The lowest BCUT2D eigenvalue weighted by Crippen LogP contribution is -1.97. The van der Waals surface area contributed by atoms with Gasteiger partial charge in [-0.05, 0) is 36.8 Å². The molecule has 3 nitrogen and oxygen atoms in total. The van der Waals surface area contributed by atoms with Crippen LogP contribution < -0.4 is 0 Å². The maximum absolute atomic E-state index is 6.33. The molecule has 0 N–H and O–H groups in total. The van der Waals surface area contributed by atoms with Crippen molar-refractivity contribution in [3.63, 3.8) is 0 Å². The van der Waals surface area contributed by atoms with E-state index in [4.69, 9.17) is 16.6 Å². The van der Waals surface area contributed by atoms with Crippen LogP contribution in [0.4, 0.5) is 0 Å². The molecule has 4 heteroatoms. The van der Waals surface area contributed by atoms with Gasteiger partial charge in [-0.3, -0.25) is 0 Å². The summed E-state index contributed by atoms with van der Waals surface area (Å²) in [5.41, 5.74) is 6.18. The molecule has 2 aromatic heterocycles. The third-order valence-corrected chi connectivity index (χ3v) is 5.84. The molecule has 0 bridgehead atoms. The fourth-order valence-electron chi connectivity index (χ4n) is 4.08. The Morgan fingerprint density at radius 3 is 2.12 bits per heavy atom. The van der Waals surface area contributed by atoms with Crippen LogP contribution in [0.5, 0.6) is 0 Å². The normalized spacial score (nSPS) is 12.1. The lowest BCUT2D eigenvalue weighted by molar-refractivity contribution is 1.12. The van der Waals surface area contributed by atoms with Gasteiger partial charge in [-0.2, -0.15) is 0 Å². The Kier molecular flexibility index (Phi) is 5.64. The van der Waals surface area contributed by atoms with Crippen LogP contribution in [-0.4, -0.2) is 14.5 Å². The molecule has 33 heavy (non-hydrogen) atoms. The molecule has 0 amide bonds. The fourth-order valence-corrected chi connectivity index (χ4v) is 4.26. The van der Waals surface area contributed by atoms with Gasteiger partial charge >= 0.3 is 0 Å². The average molecular weight is 448 g/mol. The van der Waals surface area contributed by atoms with E-state index in [9.17, 15) is 0 Å². The smallest absolute Gasteiger partial charge is 0.157 e. The quantitative estimate of drug-likeness (QED) is 0.201. The predicted molar refractivity (Wildman–Crippen MR) is 140 cm³/mol. The van der Waals surface area contributed by atoms with E-state index in [0.29, 0.717) is 11.0 Å². The number of allylic oxidation sites excluding steroid dienone is 5. The number of para-hydroxylation sites is 2. The van der Waals surface area contributed by atoms with Gasteiger partial charge in [0.05, 0.1) is 16.7 Å². The van der Waals surface area contributed by atoms with E-state index in [0.717, 1.165) is 22.5 Å². The summed E-state index contributed by atoms with van der Waals surface area (Å²) in [5.74, 6) is 0.609. The van der Waals surface area contributed by atoms with E-state index in [1.807, 2.05) is 25.2 Å². The van der Waals surface area contributed by atoms with Gasteiger partial charge in [-0.25, -0.2) is 9.97 Å². The van der Waals surface area contributed by atoms with E-state index in [2.05, 4.69) is 88.9 Å². The molecule has 0 saturated carbocycles. The first kappa shape index (κ1) is 20.9. The second-order valence-corrected chi connectivity index (χ2v) is 8.17. The number of halogens is 1. The minimum absolute atomic E-state index is 0.418. The first-order valence-electron chi connectivity index (χ1n) is 10.8. The second-order valence-electron chi connectivity index (χ2n) is 7.79. The summed E-state index contributed by atoms with van der Waals surface area (Å²) in [5, 5.41) is 2.91. The Bertz CT molecular complexity index is 1490. The molecular weight excluding hydrogens is 426 g/mol. The minimum atomic E-state index is 0.418. The summed E-state index contributed by atoms with van der Waals surface area (Å²) < 4.78 is 2.30. The van der Waals surface area contributed by atoms with Crippen LogP contribution in [-0.2, 0) is 0 Å². The molecule has 0 aliphatic carbocycles. The molecule has 3 aromatic carbocycles. The highest BCUT2D eigenvalue weighted by atomic mass is 35.5. The van der Waals surface area contributed by atoms with Gasteiger partial charge in [0.2, 0.25) is 0 Å². The molecule has 0 atom stereocenters. The average Bonchev–Trinajstić information content (AvgIpc) is 3.18. The lowest BCUT2D eigenvalue weighted by Gasteiger charge is -2.10. The van der Waals surface area contributed by atoms with Crippen LogP contribution in [0.3, 0.4) is 0 Å². The van der Waals surface area contributed by atoms with E-state index in [1.165, 1.54) is 21.8 Å². The van der Waals surface area contributed by atoms with Crippen molar-refractivity contribution < 1.29 is 0 Å². The lowest BCUT2D eigenvalue weighted by atomic mass is 10.1. The number of benzene rings is 3. The van der Waals surface area contributed by atoms with Gasteiger partial charge in [-0.1, -0.05) is 91.0 Å². The summed E-state index contributed by atoms with van der Waals surface area (Å²) in [4.78, 5) is 9.13. The topological polar surface area (TPSA) is 30.7 Å². The molecule has 0 fully saturated rings. The summed E-state index contributed by atoms with van der Waals surface area (Å²) in [6.07, 6.45) is 7.45. The van der Waals surface area contributed by atoms with Gasteiger partial charge in [-0.15, -0.1) is 0 Å². The Labute approximate surface area is 198 Å². The van der Waals surface area contributed by atoms with Crippen molar-refractivity contribution in [2.24, 2.45) is 0 Å². The monoisotopic (exact) mass is 447 g/mol. The molecule has 2 heterocycles. The molecule has 0 aliphatic rings. The zero-order chi connectivity index (χ0) is 22.8. The van der Waals surface area contributed by atoms with E-state index in [1.54, 1.807) is 12.1 Å². The van der Waals surface area contributed by atoms with Crippen LogP contribution in [0.1, 0.15) is 12.7 Å². The standard InChI is InChI=1S/C29H22ClN3/c1-3-4-5-10-20(2)29-31-25(19-28(30)32-29)21-15-17-22(18-16-21)33-26-13-8-6-11-23(26)24-12-7-9-14-27(24)33/h3-19H,1H2,2H3/b5-4-,20-10+. The Hall–Kier alpha value is -3.95.